The molecule has 2 rings (SSSR count). The molecule has 5 nitrogen and oxygen atoms in total. The lowest BCUT2D eigenvalue weighted by Crippen LogP contribution is -2.27. The van der Waals surface area contributed by atoms with Crippen LogP contribution in [0.4, 0.5) is 14.9 Å². The number of hydrogen-bond acceptors (Lipinski definition) is 4. The number of halogens is 1. The number of hydrogen-bond donors (Lipinski definition) is 2. The van der Waals surface area contributed by atoms with Gasteiger partial charge in [0.05, 0.1) is 6.61 Å². The summed E-state index contributed by atoms with van der Waals surface area (Å²) in [5.74, 6) is 4.80. The van der Waals surface area contributed by atoms with E-state index < -0.39 is 11.7 Å². The second-order valence-electron chi connectivity index (χ2n) is 6.41. The highest BCUT2D eigenvalue weighted by Gasteiger charge is 2.46. The number of nitrogens with one attached hydrogen (secondary N) is 1. The number of carbonyl (C=O) groups is 1. The first-order chi connectivity index (χ1) is 9.76. The fourth-order valence-electron chi connectivity index (χ4n) is 2.23. The van der Waals surface area contributed by atoms with E-state index in [2.05, 4.69) is 10.2 Å². The summed E-state index contributed by atoms with van der Waals surface area (Å²) in [5.41, 5.74) is 0.0492. The zero-order valence-corrected chi connectivity index (χ0v) is 12.5. The van der Waals surface area contributed by atoms with Gasteiger partial charge < -0.3 is 9.57 Å². The van der Waals surface area contributed by atoms with Gasteiger partial charge in [-0.05, 0) is 57.4 Å². The van der Waals surface area contributed by atoms with Gasteiger partial charge >= 0.3 is 6.09 Å². The predicted molar refractivity (Wildman–Crippen MR) is 77.3 cm³/mol. The Morgan fingerprint density at radius 1 is 1.43 bits per heavy atom. The molecule has 0 aliphatic heterocycles. The Kier molecular flexibility index (Phi) is 4.20. The van der Waals surface area contributed by atoms with E-state index >= 15 is 0 Å². The lowest BCUT2D eigenvalue weighted by atomic mass is 9.96. The van der Waals surface area contributed by atoms with Crippen LogP contribution in [0.2, 0.25) is 0 Å². The van der Waals surface area contributed by atoms with E-state index in [4.69, 9.17) is 10.6 Å². The quantitative estimate of drug-likeness (QED) is 0.837. The first-order valence-corrected chi connectivity index (χ1v) is 6.87. The molecule has 0 radical (unpaired) electrons. The van der Waals surface area contributed by atoms with Gasteiger partial charge in [0.25, 0.3) is 0 Å². The van der Waals surface area contributed by atoms with Gasteiger partial charge in [-0.1, -0.05) is 0 Å². The maximum absolute atomic E-state index is 14.0. The maximum Gasteiger partial charge on any atom is 0.412 e. The molecular weight excluding hydrogens is 275 g/mol. The fraction of sp³-hybridized carbons (Fsp3) is 0.533. The first kappa shape index (κ1) is 15.7. The molecule has 1 amide bonds. The summed E-state index contributed by atoms with van der Waals surface area (Å²) in [6.07, 6.45) is 1.06. The van der Waals surface area contributed by atoms with Crippen LogP contribution in [-0.2, 0) is 15.0 Å². The SMILES string of the molecule is CC(C)(C)OC(=O)Nc1ccc(F)c(C2(CON)CC2)c1. The Morgan fingerprint density at radius 2 is 2.10 bits per heavy atom. The molecule has 1 aliphatic carbocycles. The molecule has 0 spiro atoms. The number of amides is 1. The first-order valence-electron chi connectivity index (χ1n) is 6.87. The maximum atomic E-state index is 14.0. The van der Waals surface area contributed by atoms with Crippen LogP contribution in [0.5, 0.6) is 0 Å². The molecule has 0 aromatic heterocycles. The number of anilines is 1. The zero-order chi connectivity index (χ0) is 15.7. The van der Waals surface area contributed by atoms with E-state index in [0.717, 1.165) is 12.8 Å². The highest BCUT2D eigenvalue weighted by atomic mass is 19.1. The van der Waals surface area contributed by atoms with E-state index in [9.17, 15) is 9.18 Å². The van der Waals surface area contributed by atoms with Gasteiger partial charge in [0.2, 0.25) is 0 Å². The summed E-state index contributed by atoms with van der Waals surface area (Å²) in [6.45, 7) is 5.60. The molecule has 21 heavy (non-hydrogen) atoms. The van der Waals surface area contributed by atoms with Crippen molar-refractivity contribution in [3.05, 3.63) is 29.6 Å². The van der Waals surface area contributed by atoms with Crippen LogP contribution in [0.25, 0.3) is 0 Å². The van der Waals surface area contributed by atoms with Gasteiger partial charge in [-0.3, -0.25) is 5.32 Å². The third-order valence-corrected chi connectivity index (χ3v) is 3.40. The van der Waals surface area contributed by atoms with Crippen molar-refractivity contribution in [1.82, 2.24) is 0 Å². The van der Waals surface area contributed by atoms with Crippen LogP contribution < -0.4 is 11.2 Å². The molecule has 0 atom stereocenters. The number of nitrogens with two attached hydrogens (primary N) is 1. The van der Waals surface area contributed by atoms with E-state index in [1.165, 1.54) is 12.1 Å². The summed E-state index contributed by atoms with van der Waals surface area (Å²) in [6, 6.07) is 4.45. The Balaban J connectivity index is 2.14. The van der Waals surface area contributed by atoms with Crippen molar-refractivity contribution in [2.24, 2.45) is 5.90 Å². The second-order valence-corrected chi connectivity index (χ2v) is 6.41. The Labute approximate surface area is 123 Å². The van der Waals surface area contributed by atoms with E-state index in [1.807, 2.05) is 0 Å². The molecule has 0 bridgehead atoms. The van der Waals surface area contributed by atoms with E-state index in [0.29, 0.717) is 11.3 Å². The molecule has 1 fully saturated rings. The van der Waals surface area contributed by atoms with Crippen LogP contribution in [0.1, 0.15) is 39.2 Å². The molecule has 0 unspecified atom stereocenters. The van der Waals surface area contributed by atoms with Crippen molar-refractivity contribution in [2.75, 3.05) is 11.9 Å². The van der Waals surface area contributed by atoms with Crippen LogP contribution in [0, 0.1) is 5.82 Å². The Bertz CT molecular complexity index is 536. The lowest BCUT2D eigenvalue weighted by molar-refractivity contribution is 0.0636. The summed E-state index contributed by atoms with van der Waals surface area (Å²) < 4.78 is 19.2. The van der Waals surface area contributed by atoms with Crippen LogP contribution in [0.15, 0.2) is 18.2 Å². The minimum absolute atomic E-state index is 0.264. The van der Waals surface area contributed by atoms with Gasteiger partial charge in [-0.15, -0.1) is 0 Å². The fourth-order valence-corrected chi connectivity index (χ4v) is 2.23. The highest BCUT2D eigenvalue weighted by Crippen LogP contribution is 2.49. The molecule has 1 aromatic carbocycles. The van der Waals surface area contributed by atoms with Crippen molar-refractivity contribution in [1.29, 1.82) is 0 Å². The molecule has 1 aromatic rings. The van der Waals surface area contributed by atoms with E-state index in [1.54, 1.807) is 26.8 Å². The molecule has 0 heterocycles. The molecular formula is C15H21FN2O3. The number of rotatable bonds is 4. The number of ether oxygens (including phenoxy) is 1. The standard InChI is InChI=1S/C15H21FN2O3/c1-14(2,3)21-13(19)18-10-4-5-12(16)11(8-10)15(6-7-15)9-20-17/h4-5,8H,6-7,9,17H2,1-3H3,(H,18,19). The minimum atomic E-state index is -0.585. The lowest BCUT2D eigenvalue weighted by Gasteiger charge is -2.20. The van der Waals surface area contributed by atoms with E-state index in [-0.39, 0.29) is 17.8 Å². The van der Waals surface area contributed by atoms with Crippen LogP contribution in [0.3, 0.4) is 0 Å². The van der Waals surface area contributed by atoms with Gasteiger partial charge in [0, 0.05) is 11.1 Å². The Morgan fingerprint density at radius 3 is 2.62 bits per heavy atom. The molecule has 116 valence electrons. The molecule has 3 N–H and O–H groups in total. The smallest absolute Gasteiger partial charge is 0.412 e. The van der Waals surface area contributed by atoms with Crippen molar-refractivity contribution in [2.45, 2.75) is 44.6 Å². The number of benzene rings is 1. The topological polar surface area (TPSA) is 73.6 Å². The number of carbonyl (C=O) groups excluding carboxylic acids is 1. The monoisotopic (exact) mass is 296 g/mol. The third-order valence-electron chi connectivity index (χ3n) is 3.40. The largest absolute Gasteiger partial charge is 0.444 e. The highest BCUT2D eigenvalue weighted by molar-refractivity contribution is 5.85. The van der Waals surface area contributed by atoms with Gasteiger partial charge in [0.15, 0.2) is 0 Å². The second kappa shape index (κ2) is 5.61. The summed E-state index contributed by atoms with van der Waals surface area (Å²) in [4.78, 5) is 16.4. The van der Waals surface area contributed by atoms with Crippen molar-refractivity contribution >= 4 is 11.8 Å². The predicted octanol–water partition coefficient (Wildman–Crippen LogP) is 3.09. The zero-order valence-electron chi connectivity index (χ0n) is 12.5. The summed E-state index contributed by atoms with van der Waals surface area (Å²) in [7, 11) is 0. The summed E-state index contributed by atoms with van der Waals surface area (Å²) in [5, 5.41) is 2.61. The van der Waals surface area contributed by atoms with Crippen LogP contribution >= 0.6 is 0 Å². The van der Waals surface area contributed by atoms with Gasteiger partial charge in [-0.25, -0.2) is 15.1 Å². The van der Waals surface area contributed by atoms with Crippen molar-refractivity contribution in [3.63, 3.8) is 0 Å². The molecule has 0 saturated heterocycles. The van der Waals surface area contributed by atoms with Crippen LogP contribution in [-0.4, -0.2) is 18.3 Å². The molecule has 1 saturated carbocycles. The minimum Gasteiger partial charge on any atom is -0.444 e. The average Bonchev–Trinajstić information content (AvgIpc) is 3.10. The van der Waals surface area contributed by atoms with Gasteiger partial charge in [-0.2, -0.15) is 0 Å². The molecule has 1 aliphatic rings. The average molecular weight is 296 g/mol. The molecule has 6 heteroatoms. The van der Waals surface area contributed by atoms with Gasteiger partial charge in [0.1, 0.15) is 11.4 Å². The Hall–Kier alpha value is -1.66. The third kappa shape index (κ3) is 3.92. The van der Waals surface area contributed by atoms with Crippen molar-refractivity contribution in [3.8, 4) is 0 Å². The summed E-state index contributed by atoms with van der Waals surface area (Å²) >= 11 is 0. The van der Waals surface area contributed by atoms with Crippen molar-refractivity contribution < 1.29 is 18.8 Å². The normalized spacial score (nSPS) is 16.4.